The van der Waals surface area contributed by atoms with E-state index in [1.54, 1.807) is 60.7 Å². The van der Waals surface area contributed by atoms with E-state index >= 15 is 0 Å². The molecule has 1 atom stereocenters. The molecular formula is C25H18F4N4O6. The molecule has 2 heterocycles. The van der Waals surface area contributed by atoms with Gasteiger partial charge in [0, 0.05) is 22.3 Å². The Balaban J connectivity index is 0.000000448. The van der Waals surface area contributed by atoms with Crippen LogP contribution in [0.5, 0.6) is 0 Å². The van der Waals surface area contributed by atoms with Crippen molar-refractivity contribution in [3.63, 3.8) is 0 Å². The lowest BCUT2D eigenvalue weighted by molar-refractivity contribution is -0.192. The first-order chi connectivity index (χ1) is 18.3. The van der Waals surface area contributed by atoms with Gasteiger partial charge in [0.05, 0.1) is 17.6 Å². The van der Waals surface area contributed by atoms with E-state index in [9.17, 15) is 32.3 Å². The van der Waals surface area contributed by atoms with Crippen LogP contribution in [0, 0.1) is 5.82 Å². The minimum absolute atomic E-state index is 0.0303. The maximum absolute atomic E-state index is 14.4. The van der Waals surface area contributed by atoms with Crippen molar-refractivity contribution in [3.8, 4) is 0 Å². The van der Waals surface area contributed by atoms with Gasteiger partial charge in [0.2, 0.25) is 5.95 Å². The normalized spacial score (nSPS) is 16.4. The number of aliphatic hydroxyl groups is 1. The Labute approximate surface area is 216 Å². The van der Waals surface area contributed by atoms with E-state index in [4.69, 9.17) is 15.0 Å². The van der Waals surface area contributed by atoms with Gasteiger partial charge in [-0.25, -0.2) is 19.0 Å². The molecule has 4 aromatic rings. The van der Waals surface area contributed by atoms with Crippen molar-refractivity contribution < 1.29 is 47.3 Å². The zero-order valence-electron chi connectivity index (χ0n) is 19.5. The Morgan fingerprint density at radius 1 is 1.03 bits per heavy atom. The number of rotatable bonds is 4. The van der Waals surface area contributed by atoms with Crippen LogP contribution in [0.2, 0.25) is 0 Å². The highest BCUT2D eigenvalue weighted by Crippen LogP contribution is 2.43. The largest absolute Gasteiger partial charge is 0.490 e. The summed E-state index contributed by atoms with van der Waals surface area (Å²) < 4.78 is 46.1. The number of carboxylic acid groups (broad SMARTS) is 2. The molecule has 3 aromatic carbocycles. The molecule has 0 radical (unpaired) electrons. The van der Waals surface area contributed by atoms with Gasteiger partial charge in [0.25, 0.3) is 5.91 Å². The van der Waals surface area contributed by atoms with Gasteiger partial charge in [-0.2, -0.15) is 13.2 Å². The second-order valence-electron chi connectivity index (χ2n) is 8.25. The molecule has 0 saturated heterocycles. The standard InChI is InChI=1S/C23H17FN4O4.C2HF3O2/c24-17-8-4-1-5-13(17)12-28-20(29)15-6-2-3-7-16(15)23(28,32)14-9-10-18-19(11-14)26-21(25-18)27-22(30)31;3-2(4,5)1(6)7/h1-11,32H,12H2,(H,30,31)(H2,25,26,27);(H,6,7). The predicted molar refractivity (Wildman–Crippen MR) is 127 cm³/mol. The Kier molecular flexibility index (Phi) is 6.98. The predicted octanol–water partition coefficient (Wildman–Crippen LogP) is 4.27. The first-order valence-electron chi connectivity index (χ1n) is 11.0. The second kappa shape index (κ2) is 10.1. The number of aliphatic carboxylic acids is 1. The number of aromatic nitrogens is 2. The van der Waals surface area contributed by atoms with Crippen molar-refractivity contribution in [1.29, 1.82) is 0 Å². The first-order valence-corrected chi connectivity index (χ1v) is 11.0. The van der Waals surface area contributed by atoms with Crippen LogP contribution in [0.15, 0.2) is 66.7 Å². The zero-order chi connectivity index (χ0) is 28.5. The molecule has 1 aromatic heterocycles. The second-order valence-corrected chi connectivity index (χ2v) is 8.25. The maximum Gasteiger partial charge on any atom is 0.490 e. The number of nitrogens with zero attached hydrogens (tertiary/aromatic N) is 2. The lowest BCUT2D eigenvalue weighted by atomic mass is 9.93. The van der Waals surface area contributed by atoms with Crippen molar-refractivity contribution >= 4 is 35.0 Å². The summed E-state index contributed by atoms with van der Waals surface area (Å²) >= 11 is 0. The zero-order valence-corrected chi connectivity index (χ0v) is 19.5. The summed E-state index contributed by atoms with van der Waals surface area (Å²) in [6.45, 7) is -0.152. The number of H-pyrrole nitrogens is 1. The summed E-state index contributed by atoms with van der Waals surface area (Å²) in [7, 11) is 0. The fraction of sp³-hybridized carbons (Fsp3) is 0.120. The third kappa shape index (κ3) is 5.22. The molecule has 0 saturated carbocycles. The number of nitrogens with one attached hydrogen (secondary N) is 2. The number of carbonyl (C=O) groups excluding carboxylic acids is 1. The van der Waals surface area contributed by atoms with E-state index in [2.05, 4.69) is 15.3 Å². The number of carboxylic acids is 1. The molecule has 1 aliphatic rings. The summed E-state index contributed by atoms with van der Waals surface area (Å²) in [5, 5.41) is 30.1. The number of amides is 2. The number of carbonyl (C=O) groups is 3. The Morgan fingerprint density at radius 2 is 1.67 bits per heavy atom. The molecule has 202 valence electrons. The molecule has 0 bridgehead atoms. The molecule has 0 spiro atoms. The Morgan fingerprint density at radius 3 is 2.31 bits per heavy atom. The topological polar surface area (TPSA) is 156 Å². The van der Waals surface area contributed by atoms with Gasteiger partial charge < -0.3 is 20.3 Å². The van der Waals surface area contributed by atoms with E-state index in [0.717, 1.165) is 0 Å². The number of alkyl halides is 3. The molecule has 10 nitrogen and oxygen atoms in total. The average Bonchev–Trinajstić information content (AvgIpc) is 3.36. The fourth-order valence-electron chi connectivity index (χ4n) is 4.09. The molecule has 5 rings (SSSR count). The molecule has 2 amide bonds. The number of anilines is 1. The van der Waals surface area contributed by atoms with Crippen molar-refractivity contribution in [3.05, 3.63) is 94.8 Å². The lowest BCUT2D eigenvalue weighted by Crippen LogP contribution is -2.44. The smallest absolute Gasteiger partial charge is 0.475 e. The molecule has 1 aliphatic heterocycles. The molecule has 0 fully saturated rings. The number of hydrogen-bond donors (Lipinski definition) is 5. The quantitative estimate of drug-likeness (QED) is 0.239. The molecule has 5 N–H and O–H groups in total. The number of imidazole rings is 1. The molecule has 1 unspecified atom stereocenters. The maximum atomic E-state index is 14.4. The summed E-state index contributed by atoms with van der Waals surface area (Å²) in [5.74, 6) is -3.64. The van der Waals surface area contributed by atoms with Crippen LogP contribution in [0.25, 0.3) is 11.0 Å². The molecule has 39 heavy (non-hydrogen) atoms. The van der Waals surface area contributed by atoms with E-state index in [1.165, 1.54) is 11.0 Å². The van der Waals surface area contributed by atoms with Crippen molar-refractivity contribution in [1.82, 2.24) is 14.9 Å². The van der Waals surface area contributed by atoms with Crippen molar-refractivity contribution in [2.24, 2.45) is 0 Å². The lowest BCUT2D eigenvalue weighted by Gasteiger charge is -2.35. The number of fused-ring (bicyclic) bond motifs is 2. The van der Waals surface area contributed by atoms with Crippen LogP contribution < -0.4 is 5.32 Å². The summed E-state index contributed by atoms with van der Waals surface area (Å²) in [6, 6.07) is 17.6. The molecular weight excluding hydrogens is 528 g/mol. The third-order valence-electron chi connectivity index (χ3n) is 5.81. The van der Waals surface area contributed by atoms with Gasteiger partial charge in [-0.05, 0) is 24.3 Å². The van der Waals surface area contributed by atoms with Gasteiger partial charge in [0.15, 0.2) is 5.72 Å². The van der Waals surface area contributed by atoms with Crippen LogP contribution in [-0.2, 0) is 17.1 Å². The number of aromatic amines is 1. The fourth-order valence-corrected chi connectivity index (χ4v) is 4.09. The molecule has 0 aliphatic carbocycles. The minimum atomic E-state index is -5.08. The van der Waals surface area contributed by atoms with Crippen molar-refractivity contribution in [2.45, 2.75) is 18.4 Å². The van der Waals surface area contributed by atoms with Crippen LogP contribution in [0.4, 0.5) is 28.3 Å². The highest BCUT2D eigenvalue weighted by Gasteiger charge is 2.50. The van der Waals surface area contributed by atoms with Gasteiger partial charge in [-0.15, -0.1) is 0 Å². The van der Waals surface area contributed by atoms with Gasteiger partial charge in [-0.1, -0.05) is 42.5 Å². The monoisotopic (exact) mass is 546 g/mol. The van der Waals surface area contributed by atoms with Crippen LogP contribution in [-0.4, -0.2) is 54.3 Å². The Hall–Kier alpha value is -4.98. The highest BCUT2D eigenvalue weighted by molar-refractivity contribution is 6.00. The number of halogens is 4. The number of hydrogen-bond acceptors (Lipinski definition) is 5. The summed E-state index contributed by atoms with van der Waals surface area (Å²) in [6.07, 6.45) is -6.35. The molecule has 14 heteroatoms. The number of benzene rings is 3. The third-order valence-corrected chi connectivity index (χ3v) is 5.81. The average molecular weight is 546 g/mol. The van der Waals surface area contributed by atoms with E-state index in [1.807, 2.05) is 0 Å². The minimum Gasteiger partial charge on any atom is -0.475 e. The SMILES string of the molecule is O=C(O)C(F)(F)F.O=C(O)Nc1nc2cc(C3(O)c4ccccc4C(=O)N3Cc3ccccc3F)ccc2[nH]1. The summed E-state index contributed by atoms with van der Waals surface area (Å²) in [4.78, 5) is 41.3. The van der Waals surface area contributed by atoms with Gasteiger partial charge >= 0.3 is 18.2 Å². The highest BCUT2D eigenvalue weighted by atomic mass is 19.4. The first kappa shape index (κ1) is 27.1. The van der Waals surface area contributed by atoms with E-state index in [-0.39, 0.29) is 18.1 Å². The van der Waals surface area contributed by atoms with E-state index < -0.39 is 35.7 Å². The Bertz CT molecular complexity index is 1590. The summed E-state index contributed by atoms with van der Waals surface area (Å²) in [5.41, 5.74) is 0.362. The van der Waals surface area contributed by atoms with Crippen molar-refractivity contribution in [2.75, 3.05) is 5.32 Å². The van der Waals surface area contributed by atoms with Crippen LogP contribution in [0.1, 0.15) is 27.0 Å². The van der Waals surface area contributed by atoms with Gasteiger partial charge in [-0.3, -0.25) is 15.0 Å². The van der Waals surface area contributed by atoms with Crippen LogP contribution in [0.3, 0.4) is 0 Å². The van der Waals surface area contributed by atoms with Gasteiger partial charge in [0.1, 0.15) is 5.82 Å². The van der Waals surface area contributed by atoms with E-state index in [0.29, 0.717) is 27.7 Å². The van der Waals surface area contributed by atoms with Crippen LogP contribution >= 0.6 is 0 Å².